The molecule has 1 aliphatic heterocycles. The van der Waals surface area contributed by atoms with Crippen LogP contribution >= 0.6 is 0 Å². The van der Waals surface area contributed by atoms with E-state index >= 15 is 0 Å². The number of likely N-dealkylation sites (N-methyl/N-ethyl adjacent to an activating group) is 2. The molecule has 2 heterocycles. The molecule has 6 heteroatoms. The van der Waals surface area contributed by atoms with Crippen LogP contribution in [0.4, 0.5) is 5.69 Å². The predicted molar refractivity (Wildman–Crippen MR) is 78.4 cm³/mol. The summed E-state index contributed by atoms with van der Waals surface area (Å²) in [5.41, 5.74) is 5.93. The van der Waals surface area contributed by atoms with Crippen LogP contribution in [0.25, 0.3) is 0 Å². The smallest absolute Gasteiger partial charge is 0.251 e. The van der Waals surface area contributed by atoms with Crippen molar-refractivity contribution in [2.24, 2.45) is 0 Å². The molecule has 6 nitrogen and oxygen atoms in total. The lowest BCUT2D eigenvalue weighted by Gasteiger charge is -2.36. The van der Waals surface area contributed by atoms with E-state index in [0.29, 0.717) is 5.69 Å². The second-order valence-electron chi connectivity index (χ2n) is 5.49. The molecule has 0 bridgehead atoms. The van der Waals surface area contributed by atoms with Gasteiger partial charge in [0, 0.05) is 37.6 Å². The lowest BCUT2D eigenvalue weighted by molar-refractivity contribution is -0.133. The van der Waals surface area contributed by atoms with Crippen LogP contribution in [-0.2, 0) is 11.3 Å². The number of anilines is 1. The summed E-state index contributed by atoms with van der Waals surface area (Å²) in [6, 6.07) is 3.15. The second kappa shape index (κ2) is 6.09. The molecule has 0 saturated carbocycles. The minimum Gasteiger partial charge on any atom is -0.398 e. The van der Waals surface area contributed by atoms with Gasteiger partial charge in [-0.25, -0.2) is 0 Å². The second-order valence-corrected chi connectivity index (χ2v) is 5.49. The fourth-order valence-electron chi connectivity index (χ4n) is 2.59. The number of piperidine rings is 1. The van der Waals surface area contributed by atoms with Crippen molar-refractivity contribution in [1.82, 2.24) is 14.4 Å². The highest BCUT2D eigenvalue weighted by Crippen LogP contribution is 2.13. The van der Waals surface area contributed by atoms with Gasteiger partial charge < -0.3 is 20.1 Å². The Morgan fingerprint density at radius 2 is 2.25 bits per heavy atom. The summed E-state index contributed by atoms with van der Waals surface area (Å²) in [5.74, 6) is -0.0574. The highest BCUT2D eigenvalue weighted by molar-refractivity contribution is 5.76. The SMILES string of the molecule is CN1CCCC(N(C)C(=O)Cn2cc(N)ccc2=O)C1. The number of likely N-dealkylation sites (tertiary alicyclic amines) is 1. The Balaban J connectivity index is 2.03. The van der Waals surface area contributed by atoms with Gasteiger partial charge in [-0.15, -0.1) is 0 Å². The zero-order chi connectivity index (χ0) is 14.7. The lowest BCUT2D eigenvalue weighted by Crippen LogP contribution is -2.48. The van der Waals surface area contributed by atoms with E-state index < -0.39 is 0 Å². The molecule has 1 aliphatic rings. The molecular weight excluding hydrogens is 256 g/mol. The van der Waals surface area contributed by atoms with Crippen molar-refractivity contribution < 1.29 is 4.79 Å². The molecule has 1 saturated heterocycles. The number of carbonyl (C=O) groups is 1. The van der Waals surface area contributed by atoms with Gasteiger partial charge in [0.1, 0.15) is 6.54 Å². The maximum absolute atomic E-state index is 12.3. The monoisotopic (exact) mass is 278 g/mol. The maximum atomic E-state index is 12.3. The number of amides is 1. The number of nitrogens with two attached hydrogens (primary N) is 1. The Kier molecular flexibility index (Phi) is 4.44. The van der Waals surface area contributed by atoms with Crippen molar-refractivity contribution in [2.45, 2.75) is 25.4 Å². The molecular formula is C14H22N4O2. The molecule has 1 fully saturated rings. The number of nitrogen functional groups attached to an aromatic ring is 1. The summed E-state index contributed by atoms with van der Waals surface area (Å²) < 4.78 is 1.36. The summed E-state index contributed by atoms with van der Waals surface area (Å²) in [5, 5.41) is 0. The van der Waals surface area contributed by atoms with E-state index in [0.717, 1.165) is 25.9 Å². The number of rotatable bonds is 3. The Hall–Kier alpha value is -1.82. The summed E-state index contributed by atoms with van der Waals surface area (Å²) >= 11 is 0. The molecule has 1 aromatic heterocycles. The average molecular weight is 278 g/mol. The van der Waals surface area contributed by atoms with Crippen LogP contribution in [0.2, 0.25) is 0 Å². The largest absolute Gasteiger partial charge is 0.398 e. The normalized spacial score (nSPS) is 19.8. The summed E-state index contributed by atoms with van der Waals surface area (Å²) in [6.07, 6.45) is 3.62. The molecule has 1 amide bonds. The fourth-order valence-corrected chi connectivity index (χ4v) is 2.59. The number of hydrogen-bond donors (Lipinski definition) is 1. The van der Waals surface area contributed by atoms with E-state index in [1.54, 1.807) is 11.0 Å². The Labute approximate surface area is 118 Å². The third kappa shape index (κ3) is 3.39. The van der Waals surface area contributed by atoms with Gasteiger partial charge in [0.05, 0.1) is 0 Å². The third-order valence-corrected chi connectivity index (χ3v) is 3.85. The van der Waals surface area contributed by atoms with Gasteiger partial charge in [0.15, 0.2) is 0 Å². The van der Waals surface area contributed by atoms with Crippen molar-refractivity contribution in [1.29, 1.82) is 0 Å². The standard InChI is InChI=1S/C14H22N4O2/c1-16-7-3-4-12(9-16)17(2)14(20)10-18-8-11(15)5-6-13(18)19/h5-6,8,12H,3-4,7,9-10,15H2,1-2H3. The van der Waals surface area contributed by atoms with Gasteiger partial charge in [-0.05, 0) is 32.5 Å². The van der Waals surface area contributed by atoms with Crippen LogP contribution < -0.4 is 11.3 Å². The number of hydrogen-bond acceptors (Lipinski definition) is 4. The van der Waals surface area contributed by atoms with Crippen LogP contribution in [-0.4, -0.2) is 53.5 Å². The molecule has 1 atom stereocenters. The van der Waals surface area contributed by atoms with Gasteiger partial charge in [0.2, 0.25) is 5.91 Å². The van der Waals surface area contributed by atoms with E-state index in [9.17, 15) is 9.59 Å². The first kappa shape index (κ1) is 14.6. The summed E-state index contributed by atoms with van der Waals surface area (Å²) in [7, 11) is 3.87. The Bertz CT molecular complexity index is 540. The molecule has 1 aromatic rings. The molecule has 110 valence electrons. The molecule has 2 N–H and O–H groups in total. The van der Waals surface area contributed by atoms with Crippen molar-refractivity contribution >= 4 is 11.6 Å². The quantitative estimate of drug-likeness (QED) is 0.843. The maximum Gasteiger partial charge on any atom is 0.251 e. The highest BCUT2D eigenvalue weighted by Gasteiger charge is 2.24. The van der Waals surface area contributed by atoms with Gasteiger partial charge in [-0.2, -0.15) is 0 Å². The summed E-state index contributed by atoms with van der Waals surface area (Å²) in [6.45, 7) is 2.00. The fraction of sp³-hybridized carbons (Fsp3) is 0.571. The number of carbonyl (C=O) groups excluding carboxylic acids is 1. The molecule has 0 radical (unpaired) electrons. The van der Waals surface area contributed by atoms with Crippen LogP contribution in [0, 0.1) is 0 Å². The van der Waals surface area contributed by atoms with Crippen LogP contribution in [0.15, 0.2) is 23.1 Å². The first-order valence-corrected chi connectivity index (χ1v) is 6.87. The zero-order valence-corrected chi connectivity index (χ0v) is 12.1. The van der Waals surface area contributed by atoms with E-state index in [4.69, 9.17) is 5.73 Å². The first-order chi connectivity index (χ1) is 9.47. The predicted octanol–water partition coefficient (Wildman–Crippen LogP) is -0.0169. The molecule has 20 heavy (non-hydrogen) atoms. The van der Waals surface area contributed by atoms with Gasteiger partial charge in [-0.1, -0.05) is 0 Å². The number of pyridine rings is 1. The molecule has 0 spiro atoms. The number of nitrogens with zero attached hydrogens (tertiary/aromatic N) is 3. The van der Waals surface area contributed by atoms with E-state index in [-0.39, 0.29) is 24.1 Å². The minimum atomic E-state index is -0.207. The molecule has 0 aromatic carbocycles. The lowest BCUT2D eigenvalue weighted by atomic mass is 10.1. The zero-order valence-electron chi connectivity index (χ0n) is 12.1. The van der Waals surface area contributed by atoms with E-state index in [2.05, 4.69) is 11.9 Å². The van der Waals surface area contributed by atoms with Crippen molar-refractivity contribution in [3.05, 3.63) is 28.7 Å². The van der Waals surface area contributed by atoms with Crippen molar-refractivity contribution in [3.63, 3.8) is 0 Å². The molecule has 1 unspecified atom stereocenters. The van der Waals surface area contributed by atoms with Crippen LogP contribution in [0.5, 0.6) is 0 Å². The summed E-state index contributed by atoms with van der Waals surface area (Å²) in [4.78, 5) is 28.0. The third-order valence-electron chi connectivity index (χ3n) is 3.85. The van der Waals surface area contributed by atoms with E-state index in [1.807, 2.05) is 7.05 Å². The minimum absolute atomic E-state index is 0.0422. The highest BCUT2D eigenvalue weighted by atomic mass is 16.2. The number of aromatic nitrogens is 1. The molecule has 2 rings (SSSR count). The van der Waals surface area contributed by atoms with Gasteiger partial charge in [0.25, 0.3) is 5.56 Å². The Morgan fingerprint density at radius 1 is 1.50 bits per heavy atom. The average Bonchev–Trinajstić information content (AvgIpc) is 2.42. The van der Waals surface area contributed by atoms with Gasteiger partial charge in [-0.3, -0.25) is 9.59 Å². The Morgan fingerprint density at radius 3 is 2.95 bits per heavy atom. The topological polar surface area (TPSA) is 71.6 Å². The van der Waals surface area contributed by atoms with Crippen molar-refractivity contribution in [3.8, 4) is 0 Å². The van der Waals surface area contributed by atoms with Gasteiger partial charge >= 0.3 is 0 Å². The van der Waals surface area contributed by atoms with Crippen molar-refractivity contribution in [2.75, 3.05) is 32.9 Å². The van der Waals surface area contributed by atoms with E-state index in [1.165, 1.54) is 16.8 Å². The first-order valence-electron chi connectivity index (χ1n) is 6.87. The molecule has 0 aliphatic carbocycles. The van der Waals surface area contributed by atoms with Crippen LogP contribution in [0.3, 0.4) is 0 Å². The van der Waals surface area contributed by atoms with Crippen LogP contribution in [0.1, 0.15) is 12.8 Å².